The summed E-state index contributed by atoms with van der Waals surface area (Å²) < 4.78 is 5.26. The van der Waals surface area contributed by atoms with Crippen LogP contribution in [0, 0.1) is 0 Å². The fourth-order valence-corrected chi connectivity index (χ4v) is 2.49. The molecule has 0 heterocycles. The zero-order valence-electron chi connectivity index (χ0n) is 11.9. The minimum atomic E-state index is -0.310. The lowest BCUT2D eigenvalue weighted by molar-refractivity contribution is -0.138. The van der Waals surface area contributed by atoms with Crippen LogP contribution in [-0.4, -0.2) is 5.97 Å². The molecule has 3 rings (SSSR count). The van der Waals surface area contributed by atoms with E-state index in [2.05, 4.69) is 30.3 Å². The second-order valence-corrected chi connectivity index (χ2v) is 4.95. The maximum atomic E-state index is 11.5. The van der Waals surface area contributed by atoms with Gasteiger partial charge in [0.15, 0.2) is 0 Å². The van der Waals surface area contributed by atoms with Crippen LogP contribution in [0.1, 0.15) is 12.5 Å². The van der Waals surface area contributed by atoms with Gasteiger partial charge in [-0.1, -0.05) is 48.5 Å². The molecular formula is C19H16O2. The van der Waals surface area contributed by atoms with Crippen molar-refractivity contribution in [1.29, 1.82) is 0 Å². The topological polar surface area (TPSA) is 26.3 Å². The molecule has 104 valence electrons. The quantitative estimate of drug-likeness (QED) is 0.396. The molecule has 3 aromatic carbocycles. The first-order valence-corrected chi connectivity index (χ1v) is 6.98. The number of esters is 1. The van der Waals surface area contributed by atoms with E-state index in [0.717, 1.165) is 16.3 Å². The van der Waals surface area contributed by atoms with Gasteiger partial charge < -0.3 is 4.74 Å². The number of benzene rings is 3. The normalized spacial score (nSPS) is 11.3. The van der Waals surface area contributed by atoms with Crippen molar-refractivity contribution in [3.63, 3.8) is 0 Å². The average Bonchev–Trinajstić information content (AvgIpc) is 2.51. The Morgan fingerprint density at radius 3 is 2.48 bits per heavy atom. The summed E-state index contributed by atoms with van der Waals surface area (Å²) in [7, 11) is 0. The molecule has 0 N–H and O–H groups in total. The molecule has 0 amide bonds. The van der Waals surface area contributed by atoms with Gasteiger partial charge in [0.05, 0.1) is 0 Å². The van der Waals surface area contributed by atoms with Crippen LogP contribution in [-0.2, 0) is 16.1 Å². The standard InChI is InChI=1S/C19H16O2/c1-2-6-19(20)21-13-17-10-5-9-16-11-14-7-3-4-8-15(14)12-18(16)17/h2-12H,13H2,1H3/b6-2+. The highest BCUT2D eigenvalue weighted by molar-refractivity contribution is 5.99. The van der Waals surface area contributed by atoms with Crippen molar-refractivity contribution in [2.75, 3.05) is 0 Å². The Morgan fingerprint density at radius 1 is 1.00 bits per heavy atom. The first-order chi connectivity index (χ1) is 10.3. The highest BCUT2D eigenvalue weighted by Gasteiger charge is 2.05. The predicted octanol–water partition coefficient (Wildman–Crippen LogP) is 4.61. The van der Waals surface area contributed by atoms with E-state index in [1.165, 1.54) is 16.8 Å². The smallest absolute Gasteiger partial charge is 0.330 e. The number of hydrogen-bond donors (Lipinski definition) is 0. The lowest BCUT2D eigenvalue weighted by Crippen LogP contribution is -2.01. The van der Waals surface area contributed by atoms with Crippen molar-refractivity contribution >= 4 is 27.5 Å². The third kappa shape index (κ3) is 2.79. The fraction of sp³-hybridized carbons (Fsp3) is 0.105. The Labute approximate surface area is 123 Å². The summed E-state index contributed by atoms with van der Waals surface area (Å²) in [5.41, 5.74) is 1.02. The lowest BCUT2D eigenvalue weighted by atomic mass is 10.00. The van der Waals surface area contributed by atoms with Crippen LogP contribution in [0.15, 0.2) is 66.7 Å². The molecule has 3 aromatic rings. The van der Waals surface area contributed by atoms with Gasteiger partial charge in [-0.3, -0.25) is 0 Å². The minimum Gasteiger partial charge on any atom is -0.458 e. The van der Waals surface area contributed by atoms with Crippen LogP contribution in [0.5, 0.6) is 0 Å². The van der Waals surface area contributed by atoms with Gasteiger partial charge in [-0.15, -0.1) is 0 Å². The van der Waals surface area contributed by atoms with Crippen LogP contribution in [0.2, 0.25) is 0 Å². The molecule has 0 saturated carbocycles. The molecule has 0 aliphatic heterocycles. The van der Waals surface area contributed by atoms with Crippen molar-refractivity contribution in [3.8, 4) is 0 Å². The Kier molecular flexibility index (Phi) is 3.69. The van der Waals surface area contributed by atoms with E-state index in [-0.39, 0.29) is 5.97 Å². The van der Waals surface area contributed by atoms with Crippen LogP contribution >= 0.6 is 0 Å². The molecule has 21 heavy (non-hydrogen) atoms. The van der Waals surface area contributed by atoms with Gasteiger partial charge >= 0.3 is 5.97 Å². The lowest BCUT2D eigenvalue weighted by Gasteiger charge is -2.08. The number of hydrogen-bond acceptors (Lipinski definition) is 2. The highest BCUT2D eigenvalue weighted by Crippen LogP contribution is 2.25. The summed E-state index contributed by atoms with van der Waals surface area (Å²) in [5.74, 6) is -0.310. The number of carbonyl (C=O) groups is 1. The molecule has 0 unspecified atom stereocenters. The van der Waals surface area contributed by atoms with E-state index in [9.17, 15) is 4.79 Å². The SMILES string of the molecule is C/C=C/C(=O)OCc1cccc2cc3ccccc3cc12. The first-order valence-electron chi connectivity index (χ1n) is 6.98. The van der Waals surface area contributed by atoms with Crippen LogP contribution in [0.4, 0.5) is 0 Å². The summed E-state index contributed by atoms with van der Waals surface area (Å²) in [6.07, 6.45) is 3.11. The third-order valence-electron chi connectivity index (χ3n) is 3.51. The second kappa shape index (κ2) is 5.80. The van der Waals surface area contributed by atoms with E-state index in [4.69, 9.17) is 4.74 Å². The van der Waals surface area contributed by atoms with E-state index in [1.54, 1.807) is 13.0 Å². The van der Waals surface area contributed by atoms with Crippen LogP contribution in [0.3, 0.4) is 0 Å². The van der Waals surface area contributed by atoms with E-state index in [1.807, 2.05) is 24.3 Å². The summed E-state index contributed by atoms with van der Waals surface area (Å²) in [6.45, 7) is 2.09. The summed E-state index contributed by atoms with van der Waals surface area (Å²) in [5, 5.41) is 4.70. The Balaban J connectivity index is 2.02. The molecular weight excluding hydrogens is 260 g/mol. The van der Waals surface area contributed by atoms with E-state index in [0.29, 0.717) is 6.61 Å². The largest absolute Gasteiger partial charge is 0.458 e. The number of allylic oxidation sites excluding steroid dienone is 1. The van der Waals surface area contributed by atoms with Gasteiger partial charge in [-0.2, -0.15) is 0 Å². The zero-order valence-corrected chi connectivity index (χ0v) is 11.9. The molecule has 0 atom stereocenters. The van der Waals surface area contributed by atoms with Crippen LogP contribution < -0.4 is 0 Å². The Hall–Kier alpha value is -2.61. The van der Waals surface area contributed by atoms with Crippen molar-refractivity contribution in [2.24, 2.45) is 0 Å². The van der Waals surface area contributed by atoms with Crippen LogP contribution in [0.25, 0.3) is 21.5 Å². The van der Waals surface area contributed by atoms with Gasteiger partial charge in [0.1, 0.15) is 6.61 Å². The van der Waals surface area contributed by atoms with Gasteiger partial charge in [0.2, 0.25) is 0 Å². The van der Waals surface area contributed by atoms with Gasteiger partial charge in [-0.25, -0.2) is 4.79 Å². The molecule has 0 saturated heterocycles. The molecule has 0 bridgehead atoms. The van der Waals surface area contributed by atoms with Crippen molar-refractivity contribution in [2.45, 2.75) is 13.5 Å². The zero-order chi connectivity index (χ0) is 14.7. The minimum absolute atomic E-state index is 0.291. The van der Waals surface area contributed by atoms with Crippen molar-refractivity contribution < 1.29 is 9.53 Å². The van der Waals surface area contributed by atoms with E-state index >= 15 is 0 Å². The maximum absolute atomic E-state index is 11.5. The van der Waals surface area contributed by atoms with Gasteiger partial charge in [-0.05, 0) is 46.2 Å². The maximum Gasteiger partial charge on any atom is 0.330 e. The van der Waals surface area contributed by atoms with Crippen molar-refractivity contribution in [1.82, 2.24) is 0 Å². The summed E-state index contributed by atoms with van der Waals surface area (Å²) in [4.78, 5) is 11.5. The number of fused-ring (bicyclic) bond motifs is 2. The fourth-order valence-electron chi connectivity index (χ4n) is 2.49. The molecule has 2 heteroatoms. The molecule has 0 fully saturated rings. The number of ether oxygens (including phenoxy) is 1. The second-order valence-electron chi connectivity index (χ2n) is 4.95. The predicted molar refractivity (Wildman–Crippen MR) is 86.1 cm³/mol. The molecule has 0 aliphatic rings. The summed E-state index contributed by atoms with van der Waals surface area (Å²) in [6, 6.07) is 18.7. The Bertz CT molecular complexity index is 831. The van der Waals surface area contributed by atoms with E-state index < -0.39 is 0 Å². The third-order valence-corrected chi connectivity index (χ3v) is 3.51. The molecule has 0 radical (unpaired) electrons. The number of rotatable bonds is 3. The average molecular weight is 276 g/mol. The van der Waals surface area contributed by atoms with Gasteiger partial charge in [0, 0.05) is 6.08 Å². The summed E-state index contributed by atoms with van der Waals surface area (Å²) >= 11 is 0. The molecule has 2 nitrogen and oxygen atoms in total. The molecule has 0 aliphatic carbocycles. The Morgan fingerprint density at radius 2 is 1.71 bits per heavy atom. The molecule has 0 spiro atoms. The number of carbonyl (C=O) groups excluding carboxylic acids is 1. The first kappa shape index (κ1) is 13.4. The van der Waals surface area contributed by atoms with Gasteiger partial charge in [0.25, 0.3) is 0 Å². The highest BCUT2D eigenvalue weighted by atomic mass is 16.5. The van der Waals surface area contributed by atoms with Crippen molar-refractivity contribution in [3.05, 3.63) is 72.3 Å². The molecule has 0 aromatic heterocycles. The monoisotopic (exact) mass is 276 g/mol.